The van der Waals surface area contributed by atoms with Crippen LogP contribution in [0.5, 0.6) is 0 Å². The normalized spacial score (nSPS) is 52.0. The van der Waals surface area contributed by atoms with Gasteiger partial charge in [-0.05, 0) is 74.2 Å². The van der Waals surface area contributed by atoms with Crippen LogP contribution in [0.1, 0.15) is 65.7 Å². The number of hydrogen-bond donors (Lipinski definition) is 0. The molecular formula is C21H28O3. The summed E-state index contributed by atoms with van der Waals surface area (Å²) >= 11 is 0. The second-order valence-electron chi connectivity index (χ2n) is 9.52. The Balaban J connectivity index is 1.53. The molecule has 4 fully saturated rings. The highest BCUT2D eigenvalue weighted by Gasteiger charge is 2.65. The van der Waals surface area contributed by atoms with Gasteiger partial charge in [0.1, 0.15) is 11.9 Å². The van der Waals surface area contributed by atoms with Crippen LogP contribution in [0, 0.1) is 34.5 Å². The van der Waals surface area contributed by atoms with E-state index in [1.54, 1.807) is 6.92 Å². The van der Waals surface area contributed by atoms with E-state index in [9.17, 15) is 9.59 Å². The molecule has 0 amide bonds. The third-order valence-corrected chi connectivity index (χ3v) is 8.90. The van der Waals surface area contributed by atoms with Crippen molar-refractivity contribution in [2.75, 3.05) is 0 Å². The second kappa shape index (κ2) is 4.53. The molecule has 0 radical (unpaired) electrons. The number of fused-ring (bicyclic) bond motifs is 8. The maximum atomic E-state index is 12.2. The minimum Gasteiger partial charge on any atom is -0.485 e. The standard InChI is InChI=1S/C21H28O3/c1-11(22)13-6-7-14-12-4-5-16-19-17(23)10-18(24-19)21(16,3)15(12)8-9-20(13,14)2/h12-15,18H,4-10H2,1-3H3/t12-,13+,14-,15-,18?,20+,21+/m0/s1. The van der Waals surface area contributed by atoms with Crippen molar-refractivity contribution in [2.45, 2.75) is 71.8 Å². The van der Waals surface area contributed by atoms with Crippen LogP contribution >= 0.6 is 0 Å². The van der Waals surface area contributed by atoms with Gasteiger partial charge in [0, 0.05) is 11.3 Å². The van der Waals surface area contributed by atoms with Crippen molar-refractivity contribution >= 4 is 11.6 Å². The summed E-state index contributed by atoms with van der Waals surface area (Å²) < 4.78 is 6.06. The number of rotatable bonds is 1. The Bertz CT molecular complexity index is 677. The molecule has 3 saturated carbocycles. The molecule has 130 valence electrons. The highest BCUT2D eigenvalue weighted by atomic mass is 16.5. The number of hydrogen-bond acceptors (Lipinski definition) is 3. The summed E-state index contributed by atoms with van der Waals surface area (Å²) in [5.74, 6) is 3.68. The summed E-state index contributed by atoms with van der Waals surface area (Å²) in [5.41, 5.74) is 1.64. The van der Waals surface area contributed by atoms with E-state index in [-0.39, 0.29) is 28.6 Å². The summed E-state index contributed by atoms with van der Waals surface area (Å²) in [6.07, 6.45) is 7.58. The molecule has 2 bridgehead atoms. The molecule has 2 heterocycles. The molecule has 0 spiro atoms. The number of Topliss-reactive ketones (excluding diaryl/α,β-unsaturated/α-hetero) is 2. The lowest BCUT2D eigenvalue weighted by Crippen LogP contribution is -2.53. The van der Waals surface area contributed by atoms with Crippen molar-refractivity contribution in [1.82, 2.24) is 0 Å². The van der Waals surface area contributed by atoms with Gasteiger partial charge in [0.05, 0.1) is 6.42 Å². The van der Waals surface area contributed by atoms with Gasteiger partial charge in [0.2, 0.25) is 5.78 Å². The lowest BCUT2D eigenvalue weighted by Gasteiger charge is -2.57. The quantitative estimate of drug-likeness (QED) is 0.729. The van der Waals surface area contributed by atoms with Crippen LogP contribution in [0.2, 0.25) is 0 Å². The van der Waals surface area contributed by atoms with Crippen LogP contribution in [-0.4, -0.2) is 17.7 Å². The first-order valence-corrected chi connectivity index (χ1v) is 9.81. The molecule has 24 heavy (non-hydrogen) atoms. The van der Waals surface area contributed by atoms with E-state index in [4.69, 9.17) is 4.74 Å². The number of ether oxygens (including phenoxy) is 1. The second-order valence-corrected chi connectivity index (χ2v) is 9.52. The molecule has 0 aromatic carbocycles. The Labute approximate surface area is 144 Å². The summed E-state index contributed by atoms with van der Waals surface area (Å²) in [6.45, 7) is 6.57. The SMILES string of the molecule is CC(=O)[C@H]1CC[C@H]2[C@@H]3CCC4=C5OC(CC5=O)[C@]4(C)[C@H]3CC[C@]12C. The molecule has 5 rings (SSSR count). The molecular weight excluding hydrogens is 300 g/mol. The van der Waals surface area contributed by atoms with E-state index in [2.05, 4.69) is 13.8 Å². The van der Waals surface area contributed by atoms with Crippen LogP contribution in [0.15, 0.2) is 11.3 Å². The van der Waals surface area contributed by atoms with E-state index in [1.165, 1.54) is 31.3 Å². The fourth-order valence-electron chi connectivity index (χ4n) is 7.78. The van der Waals surface area contributed by atoms with Crippen molar-refractivity contribution in [1.29, 1.82) is 0 Å². The lowest BCUT2D eigenvalue weighted by atomic mass is 9.46. The Morgan fingerprint density at radius 2 is 1.92 bits per heavy atom. The van der Waals surface area contributed by atoms with E-state index < -0.39 is 0 Å². The largest absolute Gasteiger partial charge is 0.485 e. The van der Waals surface area contributed by atoms with Crippen molar-refractivity contribution < 1.29 is 14.3 Å². The topological polar surface area (TPSA) is 43.4 Å². The average Bonchev–Trinajstić information content (AvgIpc) is 3.15. The molecule has 3 nitrogen and oxygen atoms in total. The zero-order valence-corrected chi connectivity index (χ0v) is 15.1. The molecule has 0 aromatic rings. The fourth-order valence-corrected chi connectivity index (χ4v) is 7.78. The summed E-state index contributed by atoms with van der Waals surface area (Å²) in [6, 6.07) is 0. The maximum Gasteiger partial charge on any atom is 0.201 e. The maximum absolute atomic E-state index is 12.2. The van der Waals surface area contributed by atoms with Gasteiger partial charge in [0.25, 0.3) is 0 Å². The average molecular weight is 328 g/mol. The van der Waals surface area contributed by atoms with Gasteiger partial charge >= 0.3 is 0 Å². The van der Waals surface area contributed by atoms with Gasteiger partial charge in [-0.1, -0.05) is 13.8 Å². The molecule has 0 aromatic heterocycles. The van der Waals surface area contributed by atoms with E-state index in [1.807, 2.05) is 0 Å². The van der Waals surface area contributed by atoms with Crippen molar-refractivity contribution in [3.8, 4) is 0 Å². The van der Waals surface area contributed by atoms with Crippen LogP contribution < -0.4 is 0 Å². The van der Waals surface area contributed by atoms with Gasteiger partial charge < -0.3 is 4.74 Å². The summed E-state index contributed by atoms with van der Waals surface area (Å²) in [5, 5.41) is 0. The van der Waals surface area contributed by atoms with Crippen molar-refractivity contribution in [3.05, 3.63) is 11.3 Å². The minimum absolute atomic E-state index is 0.0851. The lowest BCUT2D eigenvalue weighted by molar-refractivity contribution is -0.129. The monoisotopic (exact) mass is 328 g/mol. The van der Waals surface area contributed by atoms with Crippen molar-refractivity contribution in [2.24, 2.45) is 34.5 Å². The third-order valence-electron chi connectivity index (χ3n) is 8.90. The Morgan fingerprint density at radius 1 is 1.12 bits per heavy atom. The number of ketones is 2. The predicted molar refractivity (Wildman–Crippen MR) is 90.1 cm³/mol. The smallest absolute Gasteiger partial charge is 0.201 e. The zero-order valence-electron chi connectivity index (χ0n) is 15.1. The minimum atomic E-state index is 0.0851. The first kappa shape index (κ1) is 15.2. The number of carbonyl (C=O) groups excluding carboxylic acids is 2. The van der Waals surface area contributed by atoms with Gasteiger partial charge in [0.15, 0.2) is 5.76 Å². The molecule has 1 unspecified atom stereocenters. The van der Waals surface area contributed by atoms with Crippen LogP contribution in [0.25, 0.3) is 0 Å². The van der Waals surface area contributed by atoms with Gasteiger partial charge in [-0.25, -0.2) is 0 Å². The summed E-state index contributed by atoms with van der Waals surface area (Å²) in [7, 11) is 0. The number of carbonyl (C=O) groups is 2. The molecule has 5 aliphatic rings. The van der Waals surface area contributed by atoms with Gasteiger partial charge in [-0.3, -0.25) is 9.59 Å². The van der Waals surface area contributed by atoms with E-state index in [0.29, 0.717) is 30.0 Å². The van der Waals surface area contributed by atoms with Crippen LogP contribution in [0.4, 0.5) is 0 Å². The first-order valence-electron chi connectivity index (χ1n) is 9.81. The Kier molecular flexibility index (Phi) is 2.86. The van der Waals surface area contributed by atoms with Crippen molar-refractivity contribution in [3.63, 3.8) is 0 Å². The highest BCUT2D eigenvalue weighted by Crippen LogP contribution is 2.69. The summed E-state index contributed by atoms with van der Waals surface area (Å²) in [4.78, 5) is 24.3. The molecule has 1 saturated heterocycles. The van der Waals surface area contributed by atoms with Crippen LogP contribution in [0.3, 0.4) is 0 Å². The molecule has 2 aliphatic heterocycles. The van der Waals surface area contributed by atoms with E-state index >= 15 is 0 Å². The molecule has 7 atom stereocenters. The third kappa shape index (κ3) is 1.55. The molecule has 0 N–H and O–H groups in total. The van der Waals surface area contributed by atoms with E-state index in [0.717, 1.165) is 18.6 Å². The zero-order chi connectivity index (χ0) is 16.9. The van der Waals surface area contributed by atoms with Crippen LogP contribution in [-0.2, 0) is 14.3 Å². The highest BCUT2D eigenvalue weighted by molar-refractivity contribution is 5.98. The van der Waals surface area contributed by atoms with Gasteiger partial charge in [-0.15, -0.1) is 0 Å². The Hall–Kier alpha value is -1.12. The van der Waals surface area contributed by atoms with Gasteiger partial charge in [-0.2, -0.15) is 0 Å². The predicted octanol–water partition coefficient (Wildman–Crippen LogP) is 4.06. The first-order chi connectivity index (χ1) is 11.4. The Morgan fingerprint density at radius 3 is 2.67 bits per heavy atom. The molecule has 3 aliphatic carbocycles. The molecule has 3 heteroatoms. The fraction of sp³-hybridized carbons (Fsp3) is 0.810.